The molecule has 0 radical (unpaired) electrons. The maximum Gasteiger partial charge on any atom is 0.534 e. The summed E-state index contributed by atoms with van der Waals surface area (Å²) in [5, 5.41) is 0.134. The highest BCUT2D eigenvalue weighted by Crippen LogP contribution is 2.36. The highest BCUT2D eigenvalue weighted by Gasteiger charge is 2.49. The van der Waals surface area contributed by atoms with E-state index in [2.05, 4.69) is 9.17 Å². The highest BCUT2D eigenvalue weighted by molar-refractivity contribution is 7.88. The fourth-order valence-corrected chi connectivity index (χ4v) is 2.96. The lowest BCUT2D eigenvalue weighted by atomic mass is 10.2. The largest absolute Gasteiger partial charge is 0.534 e. The van der Waals surface area contributed by atoms with Crippen molar-refractivity contribution in [2.45, 2.75) is 12.4 Å². The van der Waals surface area contributed by atoms with E-state index in [1.165, 1.54) is 7.11 Å². The summed E-state index contributed by atoms with van der Waals surface area (Å²) < 4.78 is 68.5. The van der Waals surface area contributed by atoms with Crippen molar-refractivity contribution in [3.05, 3.63) is 29.1 Å². The Morgan fingerprint density at radius 3 is 2.25 bits per heavy atom. The summed E-state index contributed by atoms with van der Waals surface area (Å²) in [5.41, 5.74) is -5.16. The summed E-state index contributed by atoms with van der Waals surface area (Å²) in [6.45, 7) is 1.07. The van der Waals surface area contributed by atoms with Gasteiger partial charge in [-0.25, -0.2) is 0 Å². The Balaban J connectivity index is 2.46. The first kappa shape index (κ1) is 18.2. The summed E-state index contributed by atoms with van der Waals surface area (Å²) in [6.07, 6.45) is 0. The number of nitrogens with zero attached hydrogens (tertiary/aromatic N) is 1. The van der Waals surface area contributed by atoms with Crippen LogP contribution in [0.1, 0.15) is 16.6 Å². The number of ether oxygens (including phenoxy) is 1. The number of ketones is 1. The maximum absolute atomic E-state index is 12.4. The lowest BCUT2D eigenvalue weighted by Gasteiger charge is -2.07. The first-order valence-corrected chi connectivity index (χ1v) is 8.44. The topological polar surface area (TPSA) is 82.6 Å². The molecular weight excluding hydrogens is 371 g/mol. The Morgan fingerprint density at radius 2 is 1.79 bits per heavy atom. The molecule has 2 rings (SSSR count). The number of Topliss-reactive ketones (excluding diaryl/α,β-unsaturated/α-hetero) is 1. The van der Waals surface area contributed by atoms with Gasteiger partial charge in [-0.3, -0.25) is 4.79 Å². The number of alkyl halides is 3. The van der Waals surface area contributed by atoms with Crippen LogP contribution in [0.3, 0.4) is 0 Å². The summed E-state index contributed by atoms with van der Waals surface area (Å²) >= 11 is 0.727. The van der Waals surface area contributed by atoms with Crippen LogP contribution in [-0.2, 0) is 10.1 Å². The molecule has 11 heteroatoms. The number of rotatable bonds is 5. The van der Waals surface area contributed by atoms with Crippen molar-refractivity contribution in [2.24, 2.45) is 0 Å². The number of thiazole rings is 1. The molecule has 0 bridgehead atoms. The Hall–Kier alpha value is -2.14. The molecule has 0 amide bonds. The van der Waals surface area contributed by atoms with Crippen molar-refractivity contribution < 1.29 is 35.3 Å². The van der Waals surface area contributed by atoms with E-state index in [0.29, 0.717) is 11.3 Å². The third-order valence-corrected chi connectivity index (χ3v) is 4.86. The van der Waals surface area contributed by atoms with Crippen LogP contribution in [0.15, 0.2) is 24.3 Å². The molecule has 1 heterocycles. The fourth-order valence-electron chi connectivity index (χ4n) is 1.59. The normalized spacial score (nSPS) is 12.0. The van der Waals surface area contributed by atoms with Crippen LogP contribution in [0.5, 0.6) is 11.6 Å². The van der Waals surface area contributed by atoms with E-state index in [-0.39, 0.29) is 9.88 Å². The van der Waals surface area contributed by atoms with E-state index in [9.17, 15) is 26.4 Å². The second kappa shape index (κ2) is 6.40. The van der Waals surface area contributed by atoms with E-state index in [0.717, 1.165) is 18.3 Å². The minimum Gasteiger partial charge on any atom is -0.497 e. The van der Waals surface area contributed by atoms with Crippen molar-refractivity contribution in [3.8, 4) is 22.2 Å². The van der Waals surface area contributed by atoms with Crippen LogP contribution in [-0.4, -0.2) is 31.8 Å². The van der Waals surface area contributed by atoms with Crippen LogP contribution in [0, 0.1) is 0 Å². The third-order valence-electron chi connectivity index (χ3n) is 2.72. The van der Waals surface area contributed by atoms with Crippen molar-refractivity contribution >= 4 is 27.2 Å². The molecule has 0 spiro atoms. The lowest BCUT2D eigenvalue weighted by Crippen LogP contribution is -2.28. The SMILES string of the molecule is COc1ccc(-c2nc(OS(=O)(=O)C(F)(F)F)c(C(C)=O)s2)cc1. The van der Waals surface area contributed by atoms with Gasteiger partial charge in [0.05, 0.1) is 7.11 Å². The first-order chi connectivity index (χ1) is 11.0. The Labute approximate surface area is 139 Å². The third kappa shape index (κ3) is 3.67. The predicted molar refractivity (Wildman–Crippen MR) is 79.7 cm³/mol. The van der Waals surface area contributed by atoms with Crippen molar-refractivity contribution in [2.75, 3.05) is 7.11 Å². The highest BCUT2D eigenvalue weighted by atomic mass is 32.2. The minimum absolute atomic E-state index is 0.134. The monoisotopic (exact) mass is 381 g/mol. The van der Waals surface area contributed by atoms with Gasteiger partial charge < -0.3 is 8.92 Å². The first-order valence-electron chi connectivity index (χ1n) is 6.22. The molecule has 2 aromatic rings. The van der Waals surface area contributed by atoms with Crippen molar-refractivity contribution in [3.63, 3.8) is 0 Å². The molecule has 6 nitrogen and oxygen atoms in total. The van der Waals surface area contributed by atoms with Crippen LogP contribution in [0.4, 0.5) is 13.2 Å². The Morgan fingerprint density at radius 1 is 1.21 bits per heavy atom. The van der Waals surface area contributed by atoms with Gasteiger partial charge >= 0.3 is 15.6 Å². The Bertz CT molecular complexity index is 857. The second-order valence-corrected chi connectivity index (χ2v) is 6.96. The average molecular weight is 381 g/mol. The zero-order chi connectivity index (χ0) is 18.1. The van der Waals surface area contributed by atoms with Gasteiger partial charge in [0.2, 0.25) is 0 Å². The van der Waals surface area contributed by atoms with Gasteiger partial charge in [-0.2, -0.15) is 26.6 Å². The molecule has 0 aliphatic rings. The number of carbonyl (C=O) groups is 1. The Kier molecular flexibility index (Phi) is 4.85. The molecule has 1 aromatic carbocycles. The molecule has 0 saturated carbocycles. The number of hydrogen-bond donors (Lipinski definition) is 0. The number of carbonyl (C=O) groups excluding carboxylic acids is 1. The number of benzene rings is 1. The van der Waals surface area contributed by atoms with Gasteiger partial charge in [0, 0.05) is 12.5 Å². The van der Waals surface area contributed by atoms with Gasteiger partial charge in [0.15, 0.2) is 5.78 Å². The van der Waals surface area contributed by atoms with Crippen LogP contribution < -0.4 is 8.92 Å². The van der Waals surface area contributed by atoms with E-state index < -0.39 is 27.3 Å². The zero-order valence-electron chi connectivity index (χ0n) is 12.2. The van der Waals surface area contributed by atoms with E-state index in [4.69, 9.17) is 4.74 Å². The minimum atomic E-state index is -5.91. The van der Waals surface area contributed by atoms with Gasteiger partial charge in [0.1, 0.15) is 15.6 Å². The number of aromatic nitrogens is 1. The van der Waals surface area contributed by atoms with Crippen LogP contribution in [0.25, 0.3) is 10.6 Å². The molecule has 0 N–H and O–H groups in total. The molecule has 24 heavy (non-hydrogen) atoms. The molecule has 1 aromatic heterocycles. The summed E-state index contributed by atoms with van der Waals surface area (Å²) in [7, 11) is -4.46. The van der Waals surface area contributed by atoms with E-state index >= 15 is 0 Å². The second-order valence-electron chi connectivity index (χ2n) is 4.42. The molecule has 0 aliphatic heterocycles. The van der Waals surface area contributed by atoms with Crippen LogP contribution >= 0.6 is 11.3 Å². The van der Waals surface area contributed by atoms with E-state index in [1.54, 1.807) is 24.3 Å². The molecule has 0 fully saturated rings. The summed E-state index contributed by atoms with van der Waals surface area (Å²) in [4.78, 5) is 14.9. The molecule has 0 atom stereocenters. The average Bonchev–Trinajstić information content (AvgIpc) is 2.89. The summed E-state index contributed by atoms with van der Waals surface area (Å²) in [6, 6.07) is 6.28. The van der Waals surface area contributed by atoms with E-state index in [1.807, 2.05) is 0 Å². The number of methoxy groups -OCH3 is 1. The number of hydrogen-bond acceptors (Lipinski definition) is 7. The molecule has 130 valence electrons. The quantitative estimate of drug-likeness (QED) is 0.449. The van der Waals surface area contributed by atoms with Gasteiger partial charge in [-0.1, -0.05) is 0 Å². The van der Waals surface area contributed by atoms with Crippen molar-refractivity contribution in [1.82, 2.24) is 4.98 Å². The van der Waals surface area contributed by atoms with Crippen LogP contribution in [0.2, 0.25) is 0 Å². The predicted octanol–water partition coefficient (Wildman–Crippen LogP) is 3.25. The summed E-state index contributed by atoms with van der Waals surface area (Å²) in [5.74, 6) is -1.02. The zero-order valence-corrected chi connectivity index (χ0v) is 13.9. The fraction of sp³-hybridized carbons (Fsp3) is 0.231. The van der Waals surface area contributed by atoms with Crippen molar-refractivity contribution in [1.29, 1.82) is 0 Å². The standard InChI is InChI=1S/C13H10F3NO5S2/c1-7(18)10-11(22-24(19,20)13(14,15)16)17-12(23-10)8-3-5-9(21-2)6-4-8/h3-6H,1-2H3. The van der Waals surface area contributed by atoms with Gasteiger partial charge in [-0.05, 0) is 24.3 Å². The molecular formula is C13H10F3NO5S2. The lowest BCUT2D eigenvalue weighted by molar-refractivity contribution is -0.0501. The van der Waals surface area contributed by atoms with Gasteiger partial charge in [0.25, 0.3) is 5.88 Å². The maximum atomic E-state index is 12.4. The molecule has 0 unspecified atom stereocenters. The molecule has 0 aliphatic carbocycles. The van der Waals surface area contributed by atoms with Gasteiger partial charge in [-0.15, -0.1) is 11.3 Å². The number of halogens is 3. The molecule has 0 saturated heterocycles. The smallest absolute Gasteiger partial charge is 0.497 e.